The van der Waals surface area contributed by atoms with Crippen molar-refractivity contribution in [2.24, 2.45) is 11.8 Å². The first kappa shape index (κ1) is 19.5. The lowest BCUT2D eigenvalue weighted by molar-refractivity contribution is -0.133. The summed E-state index contributed by atoms with van der Waals surface area (Å²) in [5.74, 6) is 1.75. The van der Waals surface area contributed by atoms with Crippen LogP contribution < -0.4 is 15.4 Å². The molecule has 2 N–H and O–H groups in total. The maximum absolute atomic E-state index is 12.3. The van der Waals surface area contributed by atoms with Gasteiger partial charge in [-0.25, -0.2) is 0 Å². The zero-order valence-electron chi connectivity index (χ0n) is 14.3. The highest BCUT2D eigenvalue weighted by Crippen LogP contribution is 2.26. The number of likely N-dealkylation sites (tertiary alicyclic amines) is 1. The lowest BCUT2D eigenvalue weighted by Gasteiger charge is -2.21. The third-order valence-corrected chi connectivity index (χ3v) is 4.92. The van der Waals surface area contributed by atoms with E-state index in [4.69, 9.17) is 4.74 Å². The molecule has 0 saturated carbocycles. The van der Waals surface area contributed by atoms with E-state index in [1.54, 1.807) is 12.1 Å². The molecule has 2 fully saturated rings. The minimum atomic E-state index is -0.275. The molecule has 0 radical (unpaired) electrons. The predicted octanol–water partition coefficient (Wildman–Crippen LogP) is 1.06. The molecule has 7 heteroatoms. The molecule has 2 amide bonds. The largest absolute Gasteiger partial charge is 0.484 e. The number of hydrogen-bond acceptors (Lipinski definition) is 4. The summed E-state index contributed by atoms with van der Waals surface area (Å²) in [6.07, 6.45) is 2.10. The van der Waals surface area contributed by atoms with E-state index in [0.29, 0.717) is 17.6 Å². The molecule has 2 aliphatic rings. The number of hydrogen-bond donors (Lipinski definition) is 2. The number of carbonyl (C=O) groups excluding carboxylic acids is 2. The number of ether oxygens (including phenoxy) is 1. The Bertz CT molecular complexity index is 556. The van der Waals surface area contributed by atoms with Gasteiger partial charge >= 0.3 is 0 Å². The molecule has 1 aromatic carbocycles. The Morgan fingerprint density at radius 1 is 1.12 bits per heavy atom. The number of halogens is 1. The molecule has 1 aromatic rings. The molecule has 3 rings (SSSR count). The van der Waals surface area contributed by atoms with Crippen molar-refractivity contribution in [3.05, 3.63) is 30.3 Å². The van der Waals surface area contributed by atoms with Crippen LogP contribution in [0.2, 0.25) is 0 Å². The van der Waals surface area contributed by atoms with Gasteiger partial charge in [0.2, 0.25) is 5.91 Å². The van der Waals surface area contributed by atoms with E-state index >= 15 is 0 Å². The van der Waals surface area contributed by atoms with Crippen molar-refractivity contribution in [2.75, 3.05) is 39.3 Å². The van der Waals surface area contributed by atoms with Crippen LogP contribution in [0.25, 0.3) is 0 Å². The minimum absolute atomic E-state index is 0. The highest BCUT2D eigenvalue weighted by atomic mass is 35.5. The van der Waals surface area contributed by atoms with Crippen LogP contribution in [-0.4, -0.2) is 56.0 Å². The zero-order valence-corrected chi connectivity index (χ0v) is 15.1. The summed E-state index contributed by atoms with van der Waals surface area (Å²) in [5.41, 5.74) is 0. The van der Waals surface area contributed by atoms with Crippen LogP contribution in [0.3, 0.4) is 0 Å². The molecule has 2 aliphatic heterocycles. The lowest BCUT2D eigenvalue weighted by atomic mass is 9.92. The van der Waals surface area contributed by atoms with Gasteiger partial charge in [-0.2, -0.15) is 0 Å². The molecule has 0 aliphatic carbocycles. The smallest absolute Gasteiger partial charge is 0.258 e. The van der Waals surface area contributed by atoms with E-state index in [0.717, 1.165) is 39.0 Å². The second-order valence-corrected chi connectivity index (χ2v) is 6.52. The fourth-order valence-corrected chi connectivity index (χ4v) is 3.47. The summed E-state index contributed by atoms with van der Waals surface area (Å²) >= 11 is 0. The molecule has 0 bridgehead atoms. The van der Waals surface area contributed by atoms with Crippen LogP contribution in [0.1, 0.15) is 12.8 Å². The van der Waals surface area contributed by atoms with Gasteiger partial charge in [-0.1, -0.05) is 18.2 Å². The van der Waals surface area contributed by atoms with Gasteiger partial charge in [0.15, 0.2) is 6.61 Å². The van der Waals surface area contributed by atoms with E-state index < -0.39 is 0 Å². The van der Waals surface area contributed by atoms with E-state index in [1.165, 1.54) is 0 Å². The number of fused-ring (bicyclic) bond motifs is 1. The second kappa shape index (κ2) is 9.63. The first-order valence-electron chi connectivity index (χ1n) is 8.65. The van der Waals surface area contributed by atoms with Crippen molar-refractivity contribution in [1.29, 1.82) is 0 Å². The van der Waals surface area contributed by atoms with Gasteiger partial charge in [0, 0.05) is 13.1 Å². The van der Waals surface area contributed by atoms with Crippen molar-refractivity contribution < 1.29 is 14.3 Å². The molecule has 0 spiro atoms. The Labute approximate surface area is 154 Å². The number of carbonyl (C=O) groups is 2. The number of para-hydroxylation sites is 1. The predicted molar refractivity (Wildman–Crippen MR) is 97.9 cm³/mol. The maximum Gasteiger partial charge on any atom is 0.258 e. The molecule has 2 saturated heterocycles. The van der Waals surface area contributed by atoms with Crippen molar-refractivity contribution in [3.8, 4) is 5.75 Å². The molecule has 138 valence electrons. The monoisotopic (exact) mass is 367 g/mol. The van der Waals surface area contributed by atoms with Gasteiger partial charge in [-0.3, -0.25) is 9.59 Å². The third kappa shape index (κ3) is 5.61. The summed E-state index contributed by atoms with van der Waals surface area (Å²) in [6.45, 7) is 3.69. The van der Waals surface area contributed by atoms with E-state index in [2.05, 4.69) is 10.6 Å². The van der Waals surface area contributed by atoms with Crippen LogP contribution in [0.4, 0.5) is 0 Å². The maximum atomic E-state index is 12.3. The molecule has 2 heterocycles. The average Bonchev–Trinajstić information content (AvgIpc) is 2.97. The van der Waals surface area contributed by atoms with E-state index in [1.807, 2.05) is 23.1 Å². The van der Waals surface area contributed by atoms with Crippen molar-refractivity contribution in [3.63, 3.8) is 0 Å². The molecule has 2 atom stereocenters. The Hall–Kier alpha value is -1.79. The number of rotatable bonds is 5. The van der Waals surface area contributed by atoms with Crippen LogP contribution in [0, 0.1) is 11.8 Å². The van der Waals surface area contributed by atoms with Gasteiger partial charge in [0.1, 0.15) is 5.75 Å². The molecule has 0 unspecified atom stereocenters. The first-order chi connectivity index (χ1) is 11.7. The standard InChI is InChI=1S/C18H25N3O3.ClH/c22-17(13-24-16-4-2-1-3-5-16)20-12-18(23)21-8-6-14-10-19-11-15(14)7-9-21;/h1-5,14-15,19H,6-13H2,(H,20,22);1H/t14-,15+;. The van der Waals surface area contributed by atoms with Crippen LogP contribution in [0.15, 0.2) is 30.3 Å². The SMILES string of the molecule is Cl.O=C(COc1ccccc1)NCC(=O)N1CC[C@@H]2CNC[C@@H]2CC1. The zero-order chi connectivity index (χ0) is 16.8. The van der Waals surface area contributed by atoms with E-state index in [9.17, 15) is 9.59 Å². The number of nitrogens with zero attached hydrogens (tertiary/aromatic N) is 1. The minimum Gasteiger partial charge on any atom is -0.484 e. The number of benzene rings is 1. The van der Waals surface area contributed by atoms with Gasteiger partial charge < -0.3 is 20.3 Å². The van der Waals surface area contributed by atoms with Gasteiger partial charge in [0.05, 0.1) is 6.54 Å². The molecule has 25 heavy (non-hydrogen) atoms. The van der Waals surface area contributed by atoms with Crippen molar-refractivity contribution in [2.45, 2.75) is 12.8 Å². The number of amides is 2. The molecular formula is C18H26ClN3O3. The molecule has 6 nitrogen and oxygen atoms in total. The second-order valence-electron chi connectivity index (χ2n) is 6.52. The van der Waals surface area contributed by atoms with Gasteiger partial charge in [-0.05, 0) is 49.9 Å². The summed E-state index contributed by atoms with van der Waals surface area (Å²) in [6, 6.07) is 9.17. The third-order valence-electron chi connectivity index (χ3n) is 4.92. The molecular weight excluding hydrogens is 342 g/mol. The highest BCUT2D eigenvalue weighted by molar-refractivity contribution is 5.85. The Kier molecular flexibility index (Phi) is 7.52. The highest BCUT2D eigenvalue weighted by Gasteiger charge is 2.31. The fourth-order valence-electron chi connectivity index (χ4n) is 3.47. The Morgan fingerprint density at radius 2 is 1.76 bits per heavy atom. The Morgan fingerprint density at radius 3 is 2.40 bits per heavy atom. The Balaban J connectivity index is 0.00000225. The van der Waals surface area contributed by atoms with E-state index in [-0.39, 0.29) is 37.4 Å². The van der Waals surface area contributed by atoms with Gasteiger partial charge in [-0.15, -0.1) is 12.4 Å². The van der Waals surface area contributed by atoms with Crippen molar-refractivity contribution in [1.82, 2.24) is 15.5 Å². The van der Waals surface area contributed by atoms with Crippen molar-refractivity contribution >= 4 is 24.2 Å². The quantitative estimate of drug-likeness (QED) is 0.816. The topological polar surface area (TPSA) is 70.7 Å². The van der Waals surface area contributed by atoms with Crippen LogP contribution in [0.5, 0.6) is 5.75 Å². The molecule has 0 aromatic heterocycles. The van der Waals surface area contributed by atoms with Crippen LogP contribution in [-0.2, 0) is 9.59 Å². The van der Waals surface area contributed by atoms with Crippen LogP contribution >= 0.6 is 12.4 Å². The average molecular weight is 368 g/mol. The summed E-state index contributed by atoms with van der Waals surface area (Å²) in [7, 11) is 0. The fraction of sp³-hybridized carbons (Fsp3) is 0.556. The summed E-state index contributed by atoms with van der Waals surface area (Å²) in [4.78, 5) is 26.0. The lowest BCUT2D eigenvalue weighted by Crippen LogP contribution is -2.42. The number of nitrogens with one attached hydrogen (secondary N) is 2. The summed E-state index contributed by atoms with van der Waals surface area (Å²) < 4.78 is 5.37. The normalized spacial score (nSPS) is 22.3. The first-order valence-corrected chi connectivity index (χ1v) is 8.65. The van der Waals surface area contributed by atoms with Gasteiger partial charge in [0.25, 0.3) is 5.91 Å². The summed E-state index contributed by atoms with van der Waals surface area (Å²) in [5, 5.41) is 6.08.